The van der Waals surface area contributed by atoms with Crippen molar-refractivity contribution in [2.75, 3.05) is 0 Å². The summed E-state index contributed by atoms with van der Waals surface area (Å²) in [5.74, 6) is 0.552. The van der Waals surface area contributed by atoms with Crippen LogP contribution in [0.1, 0.15) is 22.3 Å². The molecule has 0 aliphatic heterocycles. The Morgan fingerprint density at radius 1 is 0.680 bits per heavy atom. The molecule has 0 bridgehead atoms. The smallest absolute Gasteiger partial charge is 0.0480 e. The lowest BCUT2D eigenvalue weighted by Crippen LogP contribution is -1.90. The fourth-order valence-electron chi connectivity index (χ4n) is 3.67. The molecule has 4 aliphatic rings. The summed E-state index contributed by atoms with van der Waals surface area (Å²) in [5, 5.41) is 0. The maximum atomic E-state index is 6.20. The largest absolute Gasteiger partial charge is 0.122 e. The van der Waals surface area contributed by atoms with Crippen molar-refractivity contribution < 1.29 is 0 Å². The van der Waals surface area contributed by atoms with Crippen molar-refractivity contribution in [3.05, 3.63) is 95.1 Å². The van der Waals surface area contributed by atoms with Crippen molar-refractivity contribution in [2.24, 2.45) is 0 Å². The summed E-state index contributed by atoms with van der Waals surface area (Å²) in [7, 11) is 0. The summed E-state index contributed by atoms with van der Waals surface area (Å²) in [4.78, 5) is 0. The van der Waals surface area contributed by atoms with Crippen molar-refractivity contribution >= 4 is 11.6 Å². The van der Waals surface area contributed by atoms with Crippen LogP contribution in [-0.4, -0.2) is 0 Å². The molecular formula is C24H21Cl. The van der Waals surface area contributed by atoms with Crippen molar-refractivity contribution in [1.29, 1.82) is 0 Å². The molecule has 0 amide bonds. The van der Waals surface area contributed by atoms with Crippen molar-refractivity contribution in [3.63, 3.8) is 0 Å². The fourth-order valence-corrected chi connectivity index (χ4v) is 3.89. The van der Waals surface area contributed by atoms with E-state index in [-0.39, 0.29) is 0 Å². The highest BCUT2D eigenvalue weighted by molar-refractivity contribution is 6.17. The van der Waals surface area contributed by atoms with E-state index in [1.165, 1.54) is 44.5 Å². The molecule has 0 spiro atoms. The van der Waals surface area contributed by atoms with E-state index in [0.29, 0.717) is 5.88 Å². The predicted molar refractivity (Wildman–Crippen MR) is 108 cm³/mol. The molecule has 0 fully saturated rings. The van der Waals surface area contributed by atoms with Gasteiger partial charge < -0.3 is 0 Å². The van der Waals surface area contributed by atoms with E-state index in [1.54, 1.807) is 0 Å². The maximum absolute atomic E-state index is 6.20. The van der Waals surface area contributed by atoms with Crippen molar-refractivity contribution in [1.82, 2.24) is 0 Å². The first kappa shape index (κ1) is 16.2. The summed E-state index contributed by atoms with van der Waals surface area (Å²) < 4.78 is 0. The van der Waals surface area contributed by atoms with Crippen molar-refractivity contribution in [2.45, 2.75) is 25.6 Å². The Bertz CT molecular complexity index is 954. The van der Waals surface area contributed by atoms with Gasteiger partial charge in [-0.25, -0.2) is 0 Å². The Morgan fingerprint density at radius 2 is 1.28 bits per heavy atom. The second-order valence-electron chi connectivity index (χ2n) is 6.74. The minimum absolute atomic E-state index is 0.552. The summed E-state index contributed by atoms with van der Waals surface area (Å²) >= 11 is 6.20. The number of hydrogen-bond donors (Lipinski definition) is 0. The predicted octanol–water partition coefficient (Wildman–Crippen LogP) is 6.73. The van der Waals surface area contributed by atoms with Gasteiger partial charge in [0.25, 0.3) is 0 Å². The first-order chi connectivity index (χ1) is 12.2. The minimum atomic E-state index is 0.552. The van der Waals surface area contributed by atoms with Gasteiger partial charge in [-0.3, -0.25) is 0 Å². The van der Waals surface area contributed by atoms with Crippen LogP contribution in [0.4, 0.5) is 0 Å². The molecule has 0 atom stereocenters. The van der Waals surface area contributed by atoms with Crippen LogP contribution in [0.3, 0.4) is 0 Å². The van der Waals surface area contributed by atoms with Gasteiger partial charge in [0.05, 0.1) is 0 Å². The average Bonchev–Trinajstić information content (AvgIpc) is 3.21. The number of alkyl halides is 1. The third kappa shape index (κ3) is 3.27. The summed E-state index contributed by atoms with van der Waals surface area (Å²) in [5.41, 5.74) is 10.5. The van der Waals surface area contributed by atoms with Crippen LogP contribution in [0.25, 0.3) is 22.3 Å². The molecule has 0 saturated heterocycles. The van der Waals surface area contributed by atoms with E-state index in [2.05, 4.69) is 79.7 Å². The molecule has 0 saturated carbocycles. The Balaban J connectivity index is 1.62. The first-order valence-corrected chi connectivity index (χ1v) is 9.33. The number of aryl methyl sites for hydroxylation is 3. The normalized spacial score (nSPS) is 11.3. The molecule has 4 rings (SSSR count). The van der Waals surface area contributed by atoms with E-state index < -0.39 is 0 Å². The third-order valence-corrected chi connectivity index (χ3v) is 5.32. The molecule has 0 aromatic heterocycles. The quantitative estimate of drug-likeness (QED) is 0.360. The van der Waals surface area contributed by atoms with Gasteiger partial charge in [0.15, 0.2) is 0 Å². The van der Waals surface area contributed by atoms with Crippen LogP contribution in [-0.2, 0) is 18.7 Å². The van der Waals surface area contributed by atoms with Gasteiger partial charge in [-0.2, -0.15) is 0 Å². The zero-order valence-corrected chi connectivity index (χ0v) is 15.2. The molecule has 0 aromatic carbocycles. The van der Waals surface area contributed by atoms with Crippen LogP contribution in [0.15, 0.2) is 72.8 Å². The first-order valence-electron chi connectivity index (χ1n) is 8.79. The molecule has 0 aromatic rings. The van der Waals surface area contributed by atoms with E-state index in [1.807, 2.05) is 0 Å². The number of hydrogen-bond acceptors (Lipinski definition) is 0. The Kier molecular flexibility index (Phi) is 4.46. The maximum Gasteiger partial charge on any atom is 0.0480 e. The minimum Gasteiger partial charge on any atom is -0.122 e. The summed E-state index contributed by atoms with van der Waals surface area (Å²) in [6.07, 6.45) is 2.06. The van der Waals surface area contributed by atoms with Crippen LogP contribution in [0.2, 0.25) is 0 Å². The Labute approximate surface area is 154 Å². The standard InChI is InChI=1S/C24H21Cl/c1-17-14-18(10-12-20-4-2-6-23(17)20)8-9-19-11-13-21-5-3-7-24(21)22(15-19)16-25/h2-7,10-15H,8-9,16H2,1H3. The highest BCUT2D eigenvalue weighted by Gasteiger charge is 2.08. The molecular weight excluding hydrogens is 324 g/mol. The van der Waals surface area contributed by atoms with Crippen molar-refractivity contribution in [3.8, 4) is 22.3 Å². The van der Waals surface area contributed by atoms with Gasteiger partial charge in [-0.1, -0.05) is 72.8 Å². The topological polar surface area (TPSA) is 0 Å². The summed E-state index contributed by atoms with van der Waals surface area (Å²) in [6, 6.07) is 26.5. The lowest BCUT2D eigenvalue weighted by Gasteiger charge is -2.02. The number of halogens is 1. The number of fused-ring (bicyclic) bond motifs is 2. The Hall–Kier alpha value is -2.31. The summed E-state index contributed by atoms with van der Waals surface area (Å²) in [6.45, 7) is 2.20. The molecule has 4 aliphatic carbocycles. The second-order valence-corrected chi connectivity index (χ2v) is 7.00. The molecule has 0 unspecified atom stereocenters. The number of rotatable bonds is 4. The van der Waals surface area contributed by atoms with Gasteiger partial charge >= 0.3 is 0 Å². The van der Waals surface area contributed by atoms with E-state index in [0.717, 1.165) is 12.8 Å². The molecule has 0 radical (unpaired) electrons. The van der Waals surface area contributed by atoms with Crippen LogP contribution >= 0.6 is 11.6 Å². The van der Waals surface area contributed by atoms with Crippen LogP contribution < -0.4 is 0 Å². The monoisotopic (exact) mass is 344 g/mol. The fraction of sp³-hybridized carbons (Fsp3) is 0.167. The zero-order valence-electron chi connectivity index (χ0n) is 14.4. The molecule has 124 valence electrons. The third-order valence-electron chi connectivity index (χ3n) is 5.03. The van der Waals surface area contributed by atoms with Gasteiger partial charge in [-0.15, -0.1) is 11.6 Å². The van der Waals surface area contributed by atoms with Gasteiger partial charge in [-0.05, 0) is 64.3 Å². The van der Waals surface area contributed by atoms with Crippen LogP contribution in [0.5, 0.6) is 0 Å². The van der Waals surface area contributed by atoms with Crippen LogP contribution in [0, 0.1) is 6.92 Å². The molecule has 0 N–H and O–H groups in total. The average molecular weight is 345 g/mol. The SMILES string of the molecule is Cc1cc(CCc2ccc3cccc-3c(CCl)c2)ccc2cccc1-2. The van der Waals surface area contributed by atoms with E-state index in [9.17, 15) is 0 Å². The molecule has 25 heavy (non-hydrogen) atoms. The Morgan fingerprint density at radius 3 is 1.96 bits per heavy atom. The van der Waals surface area contributed by atoms with Gasteiger partial charge in [0.1, 0.15) is 0 Å². The molecule has 1 heteroatoms. The van der Waals surface area contributed by atoms with E-state index in [4.69, 9.17) is 11.6 Å². The van der Waals surface area contributed by atoms with Gasteiger partial charge in [0, 0.05) is 5.88 Å². The van der Waals surface area contributed by atoms with Gasteiger partial charge in [0.2, 0.25) is 0 Å². The molecule has 0 heterocycles. The highest BCUT2D eigenvalue weighted by Crippen LogP contribution is 2.29. The lowest BCUT2D eigenvalue weighted by molar-refractivity contribution is 0.961. The lowest BCUT2D eigenvalue weighted by atomic mass is 10.0. The van der Waals surface area contributed by atoms with E-state index >= 15 is 0 Å². The zero-order chi connectivity index (χ0) is 17.2. The molecule has 0 nitrogen and oxygen atoms in total. The highest BCUT2D eigenvalue weighted by atomic mass is 35.5. The second kappa shape index (κ2) is 6.90.